The minimum absolute atomic E-state index is 0.470. The van der Waals surface area contributed by atoms with Crippen LogP contribution in [0.5, 0.6) is 0 Å². The van der Waals surface area contributed by atoms with Gasteiger partial charge in [0.05, 0.1) is 0 Å². The first-order valence-corrected chi connectivity index (χ1v) is 9.79. The van der Waals surface area contributed by atoms with Crippen LogP contribution in [0, 0.1) is 0 Å². The predicted molar refractivity (Wildman–Crippen MR) is 75.9 cm³/mol. The van der Waals surface area contributed by atoms with E-state index < -0.39 is 8.80 Å². The van der Waals surface area contributed by atoms with Crippen LogP contribution in [0.3, 0.4) is 0 Å². The van der Waals surface area contributed by atoms with E-state index in [1.165, 1.54) is 23.9 Å². The van der Waals surface area contributed by atoms with E-state index >= 15 is 0 Å². The van der Waals surface area contributed by atoms with Crippen LogP contribution in [0.4, 0.5) is 0 Å². The van der Waals surface area contributed by atoms with Gasteiger partial charge in [0.25, 0.3) is 0 Å². The van der Waals surface area contributed by atoms with Gasteiger partial charge in [0.2, 0.25) is 0 Å². The first kappa shape index (κ1) is 12.7. The van der Waals surface area contributed by atoms with Gasteiger partial charge in [0.1, 0.15) is 0 Å². The zero-order valence-corrected chi connectivity index (χ0v) is 12.5. The summed E-state index contributed by atoms with van der Waals surface area (Å²) in [5.41, 5.74) is 3.50. The lowest BCUT2D eigenvalue weighted by atomic mass is 9.99. The van der Waals surface area contributed by atoms with Crippen LogP contribution in [0.1, 0.15) is 78.1 Å². The average Bonchev–Trinajstić information content (AvgIpc) is 2.31. The largest absolute Gasteiger partial charge is 0.0654 e. The Morgan fingerprint density at radius 1 is 0.688 bits per heavy atom. The molecule has 0 atom stereocenters. The number of hydrogen-bond donors (Lipinski definition) is 0. The smallest absolute Gasteiger partial charge is 0.0456 e. The molecule has 0 aliphatic heterocycles. The second-order valence-electron chi connectivity index (χ2n) is 6.62. The van der Waals surface area contributed by atoms with Crippen LogP contribution in [-0.2, 0) is 0 Å². The van der Waals surface area contributed by atoms with Crippen LogP contribution in [0.15, 0.2) is 0 Å². The third kappa shape index (κ3) is 3.12. The van der Waals surface area contributed by atoms with Gasteiger partial charge in [-0.3, -0.25) is 0 Å². The maximum atomic E-state index is 2.54. The van der Waals surface area contributed by atoms with Crippen molar-refractivity contribution in [1.82, 2.24) is 0 Å². The van der Waals surface area contributed by atoms with Gasteiger partial charge in [-0.05, 0) is 11.1 Å². The standard InChI is InChI=1S/C15H30Si/c1-13(2)16(14-9-5-3-6-10-14)15-11-7-4-8-12-15/h13-16H,3-12H2,1-2H3. The molecule has 2 aliphatic carbocycles. The fourth-order valence-corrected chi connectivity index (χ4v) is 9.94. The Hall–Kier alpha value is 0.217. The first-order chi connectivity index (χ1) is 7.79. The fraction of sp³-hybridized carbons (Fsp3) is 1.00. The van der Waals surface area contributed by atoms with E-state index in [0.717, 1.165) is 5.54 Å². The SMILES string of the molecule is CC(C)[SiH](C1CCCCC1)C1CCCCC1. The normalized spacial score (nSPS) is 25.5. The lowest BCUT2D eigenvalue weighted by molar-refractivity contribution is 0.456. The molecule has 2 aliphatic rings. The van der Waals surface area contributed by atoms with Gasteiger partial charge in [0.15, 0.2) is 0 Å². The van der Waals surface area contributed by atoms with Gasteiger partial charge in [-0.2, -0.15) is 0 Å². The van der Waals surface area contributed by atoms with E-state index in [1.807, 2.05) is 0 Å². The Kier molecular flexibility index (Phi) is 4.93. The van der Waals surface area contributed by atoms with E-state index in [-0.39, 0.29) is 0 Å². The Morgan fingerprint density at radius 2 is 1.06 bits per heavy atom. The van der Waals surface area contributed by atoms with Crippen LogP contribution in [-0.4, -0.2) is 8.80 Å². The van der Waals surface area contributed by atoms with Crippen LogP contribution < -0.4 is 0 Å². The summed E-state index contributed by atoms with van der Waals surface area (Å²) in [5.74, 6) is 0. The molecular formula is C15H30Si. The first-order valence-electron chi connectivity index (χ1n) is 7.79. The van der Waals surface area contributed by atoms with Crippen molar-refractivity contribution in [3.8, 4) is 0 Å². The highest BCUT2D eigenvalue weighted by Gasteiger charge is 2.34. The van der Waals surface area contributed by atoms with Gasteiger partial charge in [0, 0.05) is 8.80 Å². The van der Waals surface area contributed by atoms with Crippen LogP contribution in [0.25, 0.3) is 0 Å². The Labute approximate surface area is 104 Å². The van der Waals surface area contributed by atoms with Gasteiger partial charge in [-0.1, -0.05) is 83.6 Å². The minimum Gasteiger partial charge on any atom is -0.0654 e. The Morgan fingerprint density at radius 3 is 1.38 bits per heavy atom. The van der Waals surface area contributed by atoms with Crippen molar-refractivity contribution >= 4 is 8.80 Å². The van der Waals surface area contributed by atoms with Crippen molar-refractivity contribution in [2.45, 2.75) is 94.7 Å². The van der Waals surface area contributed by atoms with E-state index in [2.05, 4.69) is 13.8 Å². The van der Waals surface area contributed by atoms with Gasteiger partial charge in [-0.25, -0.2) is 0 Å². The molecule has 0 heterocycles. The molecule has 0 bridgehead atoms. The molecule has 16 heavy (non-hydrogen) atoms. The molecule has 0 aromatic heterocycles. The molecule has 1 heteroatoms. The zero-order valence-electron chi connectivity index (χ0n) is 11.4. The lowest BCUT2D eigenvalue weighted by Crippen LogP contribution is -2.32. The Bertz CT molecular complexity index is 170. The molecule has 2 rings (SSSR count). The quantitative estimate of drug-likeness (QED) is 0.586. The highest BCUT2D eigenvalue weighted by molar-refractivity contribution is 6.63. The second-order valence-corrected chi connectivity index (χ2v) is 11.0. The molecule has 0 nitrogen and oxygen atoms in total. The molecule has 0 saturated heterocycles. The van der Waals surface area contributed by atoms with Crippen LogP contribution >= 0.6 is 0 Å². The summed E-state index contributed by atoms with van der Waals surface area (Å²) in [6, 6.07) is 0. The van der Waals surface area contributed by atoms with Gasteiger partial charge >= 0.3 is 0 Å². The van der Waals surface area contributed by atoms with Crippen molar-refractivity contribution in [1.29, 1.82) is 0 Å². The number of rotatable bonds is 3. The fourth-order valence-electron chi connectivity index (χ4n) is 4.51. The maximum Gasteiger partial charge on any atom is 0.0456 e. The van der Waals surface area contributed by atoms with Crippen molar-refractivity contribution in [3.05, 3.63) is 0 Å². The summed E-state index contributed by atoms with van der Waals surface area (Å²) in [6.07, 6.45) is 15.7. The summed E-state index contributed by atoms with van der Waals surface area (Å²) in [7, 11) is -0.470. The average molecular weight is 238 g/mol. The van der Waals surface area contributed by atoms with Crippen molar-refractivity contribution in [2.24, 2.45) is 0 Å². The van der Waals surface area contributed by atoms with Gasteiger partial charge < -0.3 is 0 Å². The zero-order chi connectivity index (χ0) is 11.4. The van der Waals surface area contributed by atoms with Gasteiger partial charge in [-0.15, -0.1) is 0 Å². The van der Waals surface area contributed by atoms with E-state index in [9.17, 15) is 0 Å². The topological polar surface area (TPSA) is 0 Å². The van der Waals surface area contributed by atoms with E-state index in [0.29, 0.717) is 0 Å². The van der Waals surface area contributed by atoms with Crippen LogP contribution in [0.2, 0.25) is 16.6 Å². The molecule has 2 saturated carbocycles. The third-order valence-corrected chi connectivity index (χ3v) is 10.2. The Balaban J connectivity index is 1.96. The summed E-state index contributed by atoms with van der Waals surface area (Å²) < 4.78 is 0. The highest BCUT2D eigenvalue weighted by Crippen LogP contribution is 2.45. The summed E-state index contributed by atoms with van der Waals surface area (Å²) in [5, 5.41) is 0. The van der Waals surface area contributed by atoms with Crippen molar-refractivity contribution < 1.29 is 0 Å². The van der Waals surface area contributed by atoms with E-state index in [4.69, 9.17) is 0 Å². The molecule has 0 aromatic carbocycles. The molecular weight excluding hydrogens is 208 g/mol. The molecule has 2 fully saturated rings. The second kappa shape index (κ2) is 6.23. The molecule has 0 radical (unpaired) electrons. The predicted octanol–water partition coefficient (Wildman–Crippen LogP) is 5.29. The highest BCUT2D eigenvalue weighted by atomic mass is 28.3. The van der Waals surface area contributed by atoms with Crippen molar-refractivity contribution in [2.75, 3.05) is 0 Å². The minimum atomic E-state index is -0.470. The molecule has 94 valence electrons. The molecule has 0 N–H and O–H groups in total. The summed E-state index contributed by atoms with van der Waals surface area (Å²) in [4.78, 5) is 0. The van der Waals surface area contributed by atoms with E-state index in [1.54, 1.807) is 51.4 Å². The summed E-state index contributed by atoms with van der Waals surface area (Å²) >= 11 is 0. The molecule has 0 amide bonds. The third-order valence-electron chi connectivity index (χ3n) is 5.16. The molecule has 0 spiro atoms. The monoisotopic (exact) mass is 238 g/mol. The lowest BCUT2D eigenvalue weighted by Gasteiger charge is -2.39. The molecule has 0 aromatic rings. The molecule has 0 unspecified atom stereocenters. The van der Waals surface area contributed by atoms with Crippen molar-refractivity contribution in [3.63, 3.8) is 0 Å². The maximum absolute atomic E-state index is 2.54. The summed E-state index contributed by atoms with van der Waals surface area (Å²) in [6.45, 7) is 5.08. The number of hydrogen-bond acceptors (Lipinski definition) is 0.